The Morgan fingerprint density at radius 3 is 2.82 bits per heavy atom. The predicted octanol–water partition coefficient (Wildman–Crippen LogP) is 0.763. The Morgan fingerprint density at radius 2 is 2.09 bits per heavy atom. The average Bonchev–Trinajstić information content (AvgIpc) is 3.01. The average molecular weight is 304 g/mol. The van der Waals surface area contributed by atoms with Crippen molar-refractivity contribution in [3.63, 3.8) is 0 Å². The van der Waals surface area contributed by atoms with Gasteiger partial charge in [0.05, 0.1) is 0 Å². The minimum atomic E-state index is -0.0312. The van der Waals surface area contributed by atoms with Crippen LogP contribution in [0.5, 0.6) is 0 Å². The maximum absolute atomic E-state index is 12.6. The largest absolute Gasteiger partial charge is 0.346 e. The summed E-state index contributed by atoms with van der Waals surface area (Å²) in [5.41, 5.74) is 0.728. The van der Waals surface area contributed by atoms with Gasteiger partial charge in [-0.25, -0.2) is 0 Å². The molecule has 1 aromatic heterocycles. The van der Waals surface area contributed by atoms with E-state index in [2.05, 4.69) is 15.2 Å². The van der Waals surface area contributed by atoms with Gasteiger partial charge in [-0.05, 0) is 44.5 Å². The van der Waals surface area contributed by atoms with Gasteiger partial charge in [0.25, 0.3) is 5.91 Å². The minimum Gasteiger partial charge on any atom is -0.346 e. The van der Waals surface area contributed by atoms with Crippen molar-refractivity contribution in [1.82, 2.24) is 20.1 Å². The van der Waals surface area contributed by atoms with Gasteiger partial charge in [0.15, 0.2) is 0 Å². The van der Waals surface area contributed by atoms with Crippen molar-refractivity contribution in [3.05, 3.63) is 24.0 Å². The van der Waals surface area contributed by atoms with Crippen molar-refractivity contribution in [2.45, 2.75) is 37.8 Å². The van der Waals surface area contributed by atoms with E-state index in [1.54, 1.807) is 11.9 Å². The SMILES string of the molecule is CN1CC(NC(=O)c2cccn2C2CCNCC2)CCC1=O. The van der Waals surface area contributed by atoms with Crippen LogP contribution >= 0.6 is 0 Å². The molecular weight excluding hydrogens is 280 g/mol. The normalized spacial score (nSPS) is 23.6. The topological polar surface area (TPSA) is 66.4 Å². The number of hydrogen-bond donors (Lipinski definition) is 2. The Hall–Kier alpha value is -1.82. The summed E-state index contributed by atoms with van der Waals surface area (Å²) >= 11 is 0. The van der Waals surface area contributed by atoms with E-state index >= 15 is 0 Å². The molecule has 0 saturated carbocycles. The van der Waals surface area contributed by atoms with Gasteiger partial charge in [0, 0.05) is 38.3 Å². The molecule has 0 aliphatic carbocycles. The quantitative estimate of drug-likeness (QED) is 0.866. The lowest BCUT2D eigenvalue weighted by molar-refractivity contribution is -0.132. The number of aromatic nitrogens is 1. The number of carbonyl (C=O) groups is 2. The fourth-order valence-corrected chi connectivity index (χ4v) is 3.38. The molecule has 3 heterocycles. The molecule has 0 spiro atoms. The smallest absolute Gasteiger partial charge is 0.268 e. The van der Waals surface area contributed by atoms with Crippen LogP contribution in [-0.2, 0) is 4.79 Å². The highest BCUT2D eigenvalue weighted by atomic mass is 16.2. The second-order valence-corrected chi connectivity index (χ2v) is 6.27. The maximum Gasteiger partial charge on any atom is 0.268 e. The lowest BCUT2D eigenvalue weighted by Crippen LogP contribution is -2.48. The molecule has 0 bridgehead atoms. The molecule has 2 fully saturated rings. The summed E-state index contributed by atoms with van der Waals surface area (Å²) in [7, 11) is 1.79. The zero-order chi connectivity index (χ0) is 15.5. The maximum atomic E-state index is 12.6. The summed E-state index contributed by atoms with van der Waals surface area (Å²) in [5.74, 6) is 0.125. The third-order valence-corrected chi connectivity index (χ3v) is 4.68. The molecule has 1 unspecified atom stereocenters. The van der Waals surface area contributed by atoms with Crippen molar-refractivity contribution < 1.29 is 9.59 Å². The molecule has 6 heteroatoms. The van der Waals surface area contributed by atoms with E-state index in [4.69, 9.17) is 0 Å². The van der Waals surface area contributed by atoms with Crippen molar-refractivity contribution >= 4 is 11.8 Å². The van der Waals surface area contributed by atoms with E-state index in [1.165, 1.54) is 0 Å². The van der Waals surface area contributed by atoms with Gasteiger partial charge in [-0.15, -0.1) is 0 Å². The van der Waals surface area contributed by atoms with E-state index in [1.807, 2.05) is 18.3 Å². The first-order chi connectivity index (χ1) is 10.6. The fraction of sp³-hybridized carbons (Fsp3) is 0.625. The number of nitrogens with zero attached hydrogens (tertiary/aromatic N) is 2. The molecule has 1 atom stereocenters. The molecule has 2 aliphatic heterocycles. The van der Waals surface area contributed by atoms with Crippen LogP contribution in [0, 0.1) is 0 Å². The highest BCUT2D eigenvalue weighted by Crippen LogP contribution is 2.21. The van der Waals surface area contributed by atoms with Crippen LogP contribution in [-0.4, -0.2) is 54.0 Å². The van der Waals surface area contributed by atoms with E-state index < -0.39 is 0 Å². The summed E-state index contributed by atoms with van der Waals surface area (Å²) in [6, 6.07) is 4.27. The first-order valence-electron chi connectivity index (χ1n) is 8.07. The molecular formula is C16H24N4O2. The summed E-state index contributed by atoms with van der Waals surface area (Å²) in [5, 5.41) is 6.43. The van der Waals surface area contributed by atoms with Crippen LogP contribution in [0.4, 0.5) is 0 Å². The zero-order valence-electron chi connectivity index (χ0n) is 13.0. The Labute approximate surface area is 130 Å². The summed E-state index contributed by atoms with van der Waals surface area (Å²) < 4.78 is 2.11. The number of hydrogen-bond acceptors (Lipinski definition) is 3. The van der Waals surface area contributed by atoms with Gasteiger partial charge in [-0.1, -0.05) is 0 Å². The van der Waals surface area contributed by atoms with Crippen LogP contribution in [0.1, 0.15) is 42.2 Å². The number of piperidine rings is 2. The molecule has 3 rings (SSSR count). The Balaban J connectivity index is 1.65. The van der Waals surface area contributed by atoms with E-state index in [-0.39, 0.29) is 17.9 Å². The van der Waals surface area contributed by atoms with Gasteiger partial charge < -0.3 is 20.1 Å². The standard InChI is InChI=1S/C16H24N4O2/c1-19-11-12(4-5-15(19)21)18-16(22)14-3-2-10-20(14)13-6-8-17-9-7-13/h2-3,10,12-13,17H,4-9,11H2,1H3,(H,18,22). The molecule has 2 saturated heterocycles. The third-order valence-electron chi connectivity index (χ3n) is 4.68. The molecule has 120 valence electrons. The summed E-state index contributed by atoms with van der Waals surface area (Å²) in [4.78, 5) is 25.8. The van der Waals surface area contributed by atoms with Gasteiger partial charge in [0.1, 0.15) is 5.69 Å². The highest BCUT2D eigenvalue weighted by Gasteiger charge is 2.26. The van der Waals surface area contributed by atoms with Gasteiger partial charge in [-0.3, -0.25) is 9.59 Å². The molecule has 0 aromatic carbocycles. The van der Waals surface area contributed by atoms with E-state index in [0.29, 0.717) is 19.0 Å². The Morgan fingerprint density at radius 1 is 1.32 bits per heavy atom. The number of nitrogens with one attached hydrogen (secondary N) is 2. The lowest BCUT2D eigenvalue weighted by atomic mass is 10.0. The second-order valence-electron chi connectivity index (χ2n) is 6.27. The molecule has 2 N–H and O–H groups in total. The summed E-state index contributed by atoms with van der Waals surface area (Å²) in [6.45, 7) is 2.59. The molecule has 0 radical (unpaired) electrons. The fourth-order valence-electron chi connectivity index (χ4n) is 3.38. The molecule has 2 amide bonds. The van der Waals surface area contributed by atoms with Crippen molar-refractivity contribution in [2.24, 2.45) is 0 Å². The second kappa shape index (κ2) is 6.52. The van der Waals surface area contributed by atoms with Gasteiger partial charge >= 0.3 is 0 Å². The molecule has 22 heavy (non-hydrogen) atoms. The zero-order valence-corrected chi connectivity index (χ0v) is 13.0. The number of amides is 2. The predicted molar refractivity (Wildman–Crippen MR) is 83.7 cm³/mol. The Bertz CT molecular complexity index is 548. The number of carbonyl (C=O) groups excluding carboxylic acids is 2. The van der Waals surface area contributed by atoms with Crippen molar-refractivity contribution in [3.8, 4) is 0 Å². The van der Waals surface area contributed by atoms with Crippen LogP contribution < -0.4 is 10.6 Å². The highest BCUT2D eigenvalue weighted by molar-refractivity contribution is 5.93. The molecule has 2 aliphatic rings. The van der Waals surface area contributed by atoms with E-state index in [9.17, 15) is 9.59 Å². The first kappa shape index (κ1) is 15.1. The third kappa shape index (κ3) is 3.16. The van der Waals surface area contributed by atoms with E-state index in [0.717, 1.165) is 38.0 Å². The lowest BCUT2D eigenvalue weighted by Gasteiger charge is -2.31. The number of likely N-dealkylation sites (tertiary alicyclic amines) is 1. The van der Waals surface area contributed by atoms with Gasteiger partial charge in [-0.2, -0.15) is 0 Å². The van der Waals surface area contributed by atoms with Crippen LogP contribution in [0.2, 0.25) is 0 Å². The molecule has 6 nitrogen and oxygen atoms in total. The van der Waals surface area contributed by atoms with Crippen LogP contribution in [0.15, 0.2) is 18.3 Å². The number of likely N-dealkylation sites (N-methyl/N-ethyl adjacent to an activating group) is 1. The van der Waals surface area contributed by atoms with Crippen molar-refractivity contribution in [1.29, 1.82) is 0 Å². The molecule has 1 aromatic rings. The van der Waals surface area contributed by atoms with Crippen molar-refractivity contribution in [2.75, 3.05) is 26.7 Å². The van der Waals surface area contributed by atoms with Crippen LogP contribution in [0.25, 0.3) is 0 Å². The van der Waals surface area contributed by atoms with Crippen LogP contribution in [0.3, 0.4) is 0 Å². The summed E-state index contributed by atoms with van der Waals surface area (Å²) in [6.07, 6.45) is 5.34. The monoisotopic (exact) mass is 304 g/mol. The Kier molecular flexibility index (Phi) is 4.47. The number of rotatable bonds is 3. The van der Waals surface area contributed by atoms with Gasteiger partial charge in [0.2, 0.25) is 5.91 Å². The first-order valence-corrected chi connectivity index (χ1v) is 8.07. The minimum absolute atomic E-state index is 0.0312.